The van der Waals surface area contributed by atoms with E-state index in [1.165, 1.54) is 0 Å². The molecule has 0 aromatic carbocycles. The van der Waals surface area contributed by atoms with Crippen LogP contribution in [0.4, 0.5) is 12.9 Å². The van der Waals surface area contributed by atoms with Crippen LogP contribution in [0.3, 0.4) is 0 Å². The van der Waals surface area contributed by atoms with Crippen molar-refractivity contribution >= 4 is 18.7 Å². The number of nitrogens with zero attached hydrogens (tertiary/aromatic N) is 3. The smallest absolute Gasteiger partial charge is 0.445 e. The van der Waals surface area contributed by atoms with Crippen molar-refractivity contribution in [1.82, 2.24) is 14.8 Å². The van der Waals surface area contributed by atoms with Crippen LogP contribution in [0.1, 0.15) is 43.5 Å². The van der Waals surface area contributed by atoms with E-state index in [4.69, 9.17) is 0 Å². The molecule has 3 rings (SSSR count). The predicted molar refractivity (Wildman–Crippen MR) is 69.2 cm³/mol. The van der Waals surface area contributed by atoms with E-state index in [0.717, 1.165) is 43.3 Å². The molecule has 0 aliphatic heterocycles. The average molecular weight is 327 g/mol. The standard InChI is InChI=1S/C11H14BF3N3S.K/c1-7(12(13,14)15)6-19-11-17-16-10(8-2-3-8)18(11)9-4-5-9;/h8-9H,1-6H2;/q-1;+1. The quantitative estimate of drug-likeness (QED) is 0.564. The molecule has 2 saturated carbocycles. The van der Waals surface area contributed by atoms with E-state index >= 15 is 0 Å². The summed E-state index contributed by atoms with van der Waals surface area (Å²) in [5.74, 6) is 1.28. The number of hydrogen-bond donors (Lipinski definition) is 0. The van der Waals surface area contributed by atoms with Crippen LogP contribution in [-0.4, -0.2) is 27.5 Å². The van der Waals surface area contributed by atoms with Gasteiger partial charge in [-0.1, -0.05) is 11.8 Å². The van der Waals surface area contributed by atoms with E-state index in [1.54, 1.807) is 0 Å². The molecule has 0 unspecified atom stereocenters. The van der Waals surface area contributed by atoms with Gasteiger partial charge in [-0.3, -0.25) is 0 Å². The Morgan fingerprint density at radius 3 is 2.40 bits per heavy atom. The third kappa shape index (κ3) is 3.92. The molecule has 2 aliphatic rings. The maximum Gasteiger partial charge on any atom is 1.00 e. The minimum atomic E-state index is -4.95. The Morgan fingerprint density at radius 2 is 1.90 bits per heavy atom. The van der Waals surface area contributed by atoms with Gasteiger partial charge in [0.2, 0.25) is 0 Å². The monoisotopic (exact) mass is 327 g/mol. The van der Waals surface area contributed by atoms with Gasteiger partial charge in [-0.05, 0) is 31.4 Å². The molecule has 1 heterocycles. The molecule has 0 N–H and O–H groups in total. The molecule has 104 valence electrons. The van der Waals surface area contributed by atoms with Crippen molar-refractivity contribution in [2.45, 2.75) is 42.8 Å². The fourth-order valence-electron chi connectivity index (χ4n) is 1.93. The van der Waals surface area contributed by atoms with Crippen LogP contribution in [-0.2, 0) is 0 Å². The second kappa shape index (κ2) is 6.46. The molecule has 0 spiro atoms. The van der Waals surface area contributed by atoms with Gasteiger partial charge >= 0.3 is 58.4 Å². The van der Waals surface area contributed by atoms with Crippen LogP contribution in [0.2, 0.25) is 0 Å². The van der Waals surface area contributed by atoms with Crippen molar-refractivity contribution < 1.29 is 64.3 Å². The number of hydrogen-bond acceptors (Lipinski definition) is 3. The summed E-state index contributed by atoms with van der Waals surface area (Å²) in [7, 11) is 0. The molecule has 1 aromatic heterocycles. The zero-order chi connectivity index (χ0) is 13.6. The molecule has 2 aliphatic carbocycles. The van der Waals surface area contributed by atoms with Crippen LogP contribution < -0.4 is 51.4 Å². The first kappa shape index (κ1) is 17.1. The summed E-state index contributed by atoms with van der Waals surface area (Å²) in [6, 6.07) is 0.401. The van der Waals surface area contributed by atoms with Crippen molar-refractivity contribution in [2.24, 2.45) is 0 Å². The molecule has 0 saturated heterocycles. The summed E-state index contributed by atoms with van der Waals surface area (Å²) >= 11 is 1.10. The normalized spacial score (nSPS) is 18.8. The van der Waals surface area contributed by atoms with Crippen molar-refractivity contribution in [3.05, 3.63) is 17.9 Å². The summed E-state index contributed by atoms with van der Waals surface area (Å²) < 4.78 is 39.5. The van der Waals surface area contributed by atoms with Gasteiger partial charge in [-0.25, -0.2) is 0 Å². The minimum absolute atomic E-state index is 0. The van der Waals surface area contributed by atoms with Crippen LogP contribution in [0.25, 0.3) is 0 Å². The van der Waals surface area contributed by atoms with Crippen molar-refractivity contribution in [2.75, 3.05) is 5.75 Å². The van der Waals surface area contributed by atoms with E-state index in [9.17, 15) is 12.9 Å². The minimum Gasteiger partial charge on any atom is -0.445 e. The van der Waals surface area contributed by atoms with Gasteiger partial charge in [0, 0.05) is 12.0 Å². The Balaban J connectivity index is 0.00000147. The van der Waals surface area contributed by atoms with Crippen molar-refractivity contribution in [1.29, 1.82) is 0 Å². The first-order valence-electron chi connectivity index (χ1n) is 6.42. The predicted octanol–water partition coefficient (Wildman–Crippen LogP) is 0.529. The van der Waals surface area contributed by atoms with E-state index in [2.05, 4.69) is 21.3 Å². The zero-order valence-corrected chi connectivity index (χ0v) is 15.3. The van der Waals surface area contributed by atoms with Gasteiger partial charge in [-0.15, -0.1) is 22.2 Å². The number of aromatic nitrogens is 3. The number of thioether (sulfide) groups is 1. The zero-order valence-electron chi connectivity index (χ0n) is 11.4. The van der Waals surface area contributed by atoms with Gasteiger partial charge < -0.3 is 17.5 Å². The molecule has 0 radical (unpaired) electrons. The van der Waals surface area contributed by atoms with Crippen LogP contribution in [0, 0.1) is 0 Å². The fourth-order valence-corrected chi connectivity index (χ4v) is 2.92. The van der Waals surface area contributed by atoms with Gasteiger partial charge in [0.05, 0.1) is 0 Å². The molecule has 1 aromatic rings. The Labute approximate surface area is 162 Å². The second-order valence-electron chi connectivity index (χ2n) is 5.24. The topological polar surface area (TPSA) is 30.7 Å². The Morgan fingerprint density at radius 1 is 1.25 bits per heavy atom. The van der Waals surface area contributed by atoms with Crippen LogP contribution in [0.5, 0.6) is 0 Å². The van der Waals surface area contributed by atoms with Crippen molar-refractivity contribution in [3.63, 3.8) is 0 Å². The average Bonchev–Trinajstić information content (AvgIpc) is 3.23. The third-order valence-electron chi connectivity index (χ3n) is 3.40. The maximum atomic E-state index is 12.5. The van der Waals surface area contributed by atoms with E-state index in [-0.39, 0.29) is 57.1 Å². The molecule has 0 amide bonds. The Kier molecular flexibility index (Phi) is 5.51. The van der Waals surface area contributed by atoms with Gasteiger partial charge in [0.25, 0.3) is 0 Å². The van der Waals surface area contributed by atoms with E-state index in [0.29, 0.717) is 17.1 Å². The summed E-state index contributed by atoms with van der Waals surface area (Å²) in [4.78, 5) is 0. The molecule has 0 bridgehead atoms. The number of halogens is 3. The molecule has 0 atom stereocenters. The third-order valence-corrected chi connectivity index (χ3v) is 4.45. The molecule has 2 fully saturated rings. The molecule has 3 nitrogen and oxygen atoms in total. The molecule has 9 heteroatoms. The summed E-state index contributed by atoms with van der Waals surface area (Å²) in [5.41, 5.74) is -0.664. The Hall–Kier alpha value is 0.721. The summed E-state index contributed by atoms with van der Waals surface area (Å²) in [6.45, 7) is -1.84. The van der Waals surface area contributed by atoms with E-state index < -0.39 is 12.4 Å². The van der Waals surface area contributed by atoms with E-state index in [1.807, 2.05) is 0 Å². The van der Waals surface area contributed by atoms with Gasteiger partial charge in [0.15, 0.2) is 5.16 Å². The maximum absolute atomic E-state index is 12.5. The first-order chi connectivity index (χ1) is 8.97. The van der Waals surface area contributed by atoms with Crippen LogP contribution in [0.15, 0.2) is 17.2 Å². The van der Waals surface area contributed by atoms with Crippen molar-refractivity contribution in [3.8, 4) is 0 Å². The van der Waals surface area contributed by atoms with Crippen LogP contribution >= 0.6 is 11.8 Å². The largest absolute Gasteiger partial charge is 1.00 e. The molecular weight excluding hydrogens is 313 g/mol. The molecule has 20 heavy (non-hydrogen) atoms. The summed E-state index contributed by atoms with van der Waals surface area (Å²) in [6.07, 6.45) is 4.40. The molecular formula is C11H14BF3KN3S. The Bertz CT molecular complexity index is 512. The SMILES string of the molecule is C=C(CSc1nnc(C2CC2)n1C1CC1)[B-](F)(F)F.[K+]. The number of rotatable bonds is 6. The van der Waals surface area contributed by atoms with Gasteiger partial charge in [0.1, 0.15) is 5.82 Å². The van der Waals surface area contributed by atoms with Gasteiger partial charge in [-0.2, -0.15) is 0 Å². The second-order valence-corrected chi connectivity index (χ2v) is 6.18. The first-order valence-corrected chi connectivity index (χ1v) is 7.40. The summed E-state index contributed by atoms with van der Waals surface area (Å²) in [5, 5.41) is 8.85. The fraction of sp³-hybridized carbons (Fsp3) is 0.636.